The van der Waals surface area contributed by atoms with E-state index >= 15 is 0 Å². The van der Waals surface area contributed by atoms with Crippen LogP contribution in [0.5, 0.6) is 34.5 Å². The number of halogens is 13. The van der Waals surface area contributed by atoms with Gasteiger partial charge in [-0.05, 0) is 240 Å². The summed E-state index contributed by atoms with van der Waals surface area (Å²) in [5, 5.41) is 13.6. The summed E-state index contributed by atoms with van der Waals surface area (Å²) in [6.07, 6.45) is 4.69. The van der Waals surface area contributed by atoms with E-state index in [9.17, 15) is 62.6 Å². The van der Waals surface area contributed by atoms with Gasteiger partial charge < -0.3 is 38.0 Å². The van der Waals surface area contributed by atoms with Gasteiger partial charge in [0.05, 0.1) is 75.7 Å². The molecule has 16 rings (SSSR count). The second kappa shape index (κ2) is 32.8. The number of hydrogen-bond donors (Lipinski definition) is 2. The molecule has 0 atom stereocenters. The molecule has 0 bridgehead atoms. The maximum atomic E-state index is 12.6. The number of ether oxygens (including phenoxy) is 3. The van der Waals surface area contributed by atoms with Crippen molar-refractivity contribution in [2.75, 3.05) is 0 Å². The zero-order valence-corrected chi connectivity index (χ0v) is 57.9. The first kappa shape index (κ1) is 75.1. The molecule has 0 aliphatic carbocycles. The number of rotatable bonds is 12. The number of aromatic amines is 1. The predicted molar refractivity (Wildman–Crippen MR) is 395 cm³/mol. The first-order valence-electron chi connectivity index (χ1n) is 32.4. The number of aliphatic hydroxyl groups is 1. The van der Waals surface area contributed by atoms with Crippen molar-refractivity contribution in [1.82, 2.24) is 38.6 Å². The Hall–Kier alpha value is -12.6. The summed E-state index contributed by atoms with van der Waals surface area (Å²) in [5.74, 6) is 2.50. The van der Waals surface area contributed by atoms with E-state index in [-0.39, 0.29) is 6.61 Å². The average Bonchev–Trinajstić information content (AvgIpc) is 1.64. The number of nitrogens with one attached hydrogen (secondary N) is 1. The smallest absolute Gasteiger partial charge is 0.416 e. The Morgan fingerprint density at radius 2 is 0.731 bits per heavy atom. The van der Waals surface area contributed by atoms with Gasteiger partial charge in [-0.15, -0.1) is 0 Å². The number of H-pyrrole nitrogens is 1. The maximum absolute atomic E-state index is 12.6. The van der Waals surface area contributed by atoms with Crippen LogP contribution in [0.2, 0.25) is 0 Å². The van der Waals surface area contributed by atoms with E-state index in [1.165, 1.54) is 53.9 Å². The molecule has 0 amide bonds. The molecule has 0 spiro atoms. The first-order chi connectivity index (χ1) is 51.8. The zero-order valence-electron chi connectivity index (χ0n) is 55.8. The van der Waals surface area contributed by atoms with Crippen LogP contribution in [-0.2, 0) is 31.3 Å². The third-order valence-corrected chi connectivity index (χ3v) is 17.2. The van der Waals surface area contributed by atoms with Gasteiger partial charge in [0, 0.05) is 103 Å². The van der Waals surface area contributed by atoms with E-state index < -0.39 is 47.0 Å². The number of hydrogen-bond acceptors (Lipinski definition) is 9. The predicted octanol–water partition coefficient (Wildman–Crippen LogP) is 23.4. The molecule has 0 saturated carbocycles. The zero-order chi connectivity index (χ0) is 76.2. The lowest BCUT2D eigenvalue weighted by molar-refractivity contribution is -0.138. The minimum absolute atomic E-state index is 0.0807. The van der Waals surface area contributed by atoms with Crippen molar-refractivity contribution in [3.05, 3.63) is 342 Å². The molecule has 16 aromatic rings. The van der Waals surface area contributed by atoms with Crippen molar-refractivity contribution in [2.45, 2.75) is 31.3 Å². The quantitative estimate of drug-likeness (QED) is 0.0693. The summed E-state index contributed by atoms with van der Waals surface area (Å²) in [6, 6.07) is 59.5. The number of carbonyl (C=O) groups excluding carboxylic acids is 1. The fourth-order valence-corrected chi connectivity index (χ4v) is 11.4. The van der Waals surface area contributed by atoms with Crippen molar-refractivity contribution in [2.24, 2.45) is 0 Å². The number of pyridine rings is 4. The van der Waals surface area contributed by atoms with Gasteiger partial charge in [-0.3, -0.25) is 24.7 Å². The maximum Gasteiger partial charge on any atom is 0.416 e. The first-order valence-corrected chi connectivity index (χ1v) is 33.5. The second-order valence-electron chi connectivity index (χ2n) is 23.5. The molecule has 13 nitrogen and oxygen atoms in total. The van der Waals surface area contributed by atoms with Gasteiger partial charge in [-0.2, -0.15) is 52.7 Å². The van der Waals surface area contributed by atoms with Gasteiger partial charge in [0.25, 0.3) is 0 Å². The van der Waals surface area contributed by atoms with E-state index in [2.05, 4.69) is 47.5 Å². The molecule has 544 valence electrons. The molecule has 0 aliphatic heterocycles. The SMILES string of the molecule is FC(F)(F)c1ccc(-c2ccc(I)cc2)cc1.FC(F)(F)c1ccc(Oc2ccc(-n3ccc4ccncc43)cc2)cc1.O=Cc1cn(-c2ccc(Oc3ccc(C(F)(F)F)cc3)cc2)c2cnccc12.OCc1cn(-c2ccc(Oc3ccc(C(F)(F)F)cc3)cc2)c2cnccc12.c1cc2cc[nH]c2cn1. The van der Waals surface area contributed by atoms with Crippen molar-refractivity contribution >= 4 is 72.5 Å². The molecule has 8 aromatic heterocycles. The molecular formula is C82H55F12IN8O5. The molecule has 0 unspecified atom stereocenters. The molecule has 8 heterocycles. The Labute approximate surface area is 620 Å². The van der Waals surface area contributed by atoms with Crippen molar-refractivity contribution < 1.29 is 76.8 Å². The van der Waals surface area contributed by atoms with Gasteiger partial charge in [-0.25, -0.2) is 0 Å². The second-order valence-corrected chi connectivity index (χ2v) is 24.8. The molecule has 2 N–H and O–H groups in total. The molecule has 0 fully saturated rings. The molecule has 26 heteroatoms. The fraction of sp³-hybridized carbons (Fsp3) is 0.0610. The third kappa shape index (κ3) is 18.7. The monoisotopic (exact) mass is 1590 g/mol. The normalized spacial score (nSPS) is 11.5. The van der Waals surface area contributed by atoms with E-state index in [1.807, 2.05) is 117 Å². The summed E-state index contributed by atoms with van der Waals surface area (Å²) in [7, 11) is 0. The minimum Gasteiger partial charge on any atom is -0.457 e. The van der Waals surface area contributed by atoms with Crippen LogP contribution in [0.15, 0.2) is 305 Å². The lowest BCUT2D eigenvalue weighted by Crippen LogP contribution is -2.04. The molecule has 0 aliphatic rings. The van der Waals surface area contributed by atoms with E-state index in [0.29, 0.717) is 40.1 Å². The number of carbonyl (C=O) groups is 1. The molecule has 0 saturated heterocycles. The molecule has 0 radical (unpaired) electrons. The highest BCUT2D eigenvalue weighted by atomic mass is 127. The van der Waals surface area contributed by atoms with Crippen molar-refractivity contribution in [1.29, 1.82) is 0 Å². The number of alkyl halides is 12. The average molecular weight is 1590 g/mol. The van der Waals surface area contributed by atoms with Gasteiger partial charge in [-0.1, -0.05) is 24.3 Å². The number of aldehydes is 1. The van der Waals surface area contributed by atoms with Crippen LogP contribution in [0.1, 0.15) is 38.2 Å². The van der Waals surface area contributed by atoms with Crippen LogP contribution in [0, 0.1) is 3.57 Å². The highest BCUT2D eigenvalue weighted by Crippen LogP contribution is 2.37. The van der Waals surface area contributed by atoms with Gasteiger partial charge >= 0.3 is 24.7 Å². The summed E-state index contributed by atoms with van der Waals surface area (Å²) in [4.78, 5) is 30.7. The number of fused-ring (bicyclic) bond motifs is 4. The number of benzene rings is 8. The highest BCUT2D eigenvalue weighted by Gasteiger charge is 2.33. The van der Waals surface area contributed by atoms with Crippen molar-refractivity contribution in [3.63, 3.8) is 0 Å². The number of aromatic nitrogens is 8. The standard InChI is InChI=1S/C21H15F3N2O2.C21H13F3N2O2.C20H13F3N2O.C13H8F3I.C7H6N2/c2*22-21(23,24)15-1-5-17(6-2-15)28-18-7-3-16(4-8-18)26-12-14(13-27)19-9-10-25-11-20(19)26;21-20(22,23)15-1-5-17(6-2-15)26-18-7-3-16(4-8-18)25-12-10-14-9-11-24-13-19(14)25;14-13(15,16)11-5-1-9(2-6-11)10-3-7-12(17)8-4-10;1-3-8-5-7-6(1)2-4-9-7/h1-12,27H,13H2;1-13H;1-13H;1-8H;1-5,9H. The summed E-state index contributed by atoms with van der Waals surface area (Å²) >= 11 is 2.18. The Morgan fingerprint density at radius 1 is 0.380 bits per heavy atom. The molecule has 108 heavy (non-hydrogen) atoms. The van der Waals surface area contributed by atoms with Crippen LogP contribution in [0.3, 0.4) is 0 Å². The van der Waals surface area contributed by atoms with Gasteiger partial charge in [0.15, 0.2) is 6.29 Å². The van der Waals surface area contributed by atoms with E-state index in [1.54, 1.807) is 104 Å². The van der Waals surface area contributed by atoms with Crippen LogP contribution < -0.4 is 14.2 Å². The fourth-order valence-electron chi connectivity index (χ4n) is 11.0. The highest BCUT2D eigenvalue weighted by molar-refractivity contribution is 14.1. The summed E-state index contributed by atoms with van der Waals surface area (Å²) < 4.78 is 174. The molecular weight excluding hydrogens is 1530 g/mol. The Bertz CT molecular complexity index is 5620. The lowest BCUT2D eigenvalue weighted by Gasteiger charge is -2.10. The minimum atomic E-state index is -4.38. The van der Waals surface area contributed by atoms with E-state index in [4.69, 9.17) is 14.2 Å². The third-order valence-electron chi connectivity index (χ3n) is 16.5. The largest absolute Gasteiger partial charge is 0.457 e. The summed E-state index contributed by atoms with van der Waals surface area (Å²) in [5.41, 5.74) is 6.61. The van der Waals surface area contributed by atoms with Gasteiger partial charge in [0.1, 0.15) is 34.5 Å². The topological polar surface area (TPSA) is 147 Å². The van der Waals surface area contributed by atoms with Gasteiger partial charge in [0.2, 0.25) is 0 Å². The Balaban J connectivity index is 0.000000131. The number of aliphatic hydroxyl groups excluding tert-OH is 1. The Morgan fingerprint density at radius 3 is 1.15 bits per heavy atom. The van der Waals surface area contributed by atoms with Crippen molar-refractivity contribution in [3.8, 4) is 62.7 Å². The number of nitrogens with zero attached hydrogens (tertiary/aromatic N) is 7. The lowest BCUT2D eigenvalue weighted by atomic mass is 10.0. The Kier molecular flexibility index (Phi) is 22.9. The van der Waals surface area contributed by atoms with Crippen LogP contribution in [0.25, 0.3) is 71.8 Å². The summed E-state index contributed by atoms with van der Waals surface area (Å²) in [6.45, 7) is -0.0807. The van der Waals surface area contributed by atoms with Crippen LogP contribution >= 0.6 is 22.6 Å². The van der Waals surface area contributed by atoms with Crippen LogP contribution in [-0.4, -0.2) is 50.0 Å². The molecule has 8 aromatic carbocycles. The van der Waals surface area contributed by atoms with Crippen LogP contribution in [0.4, 0.5) is 52.7 Å². The van der Waals surface area contributed by atoms with E-state index in [0.717, 1.165) is 130 Å².